The molecular formula is C21H32IN7. The van der Waals surface area contributed by atoms with Crippen LogP contribution < -0.4 is 10.6 Å². The van der Waals surface area contributed by atoms with Crippen LogP contribution in [0.25, 0.3) is 0 Å². The molecule has 1 aromatic carbocycles. The molecule has 0 spiro atoms. The molecular weight excluding hydrogens is 477 g/mol. The molecule has 0 aliphatic carbocycles. The van der Waals surface area contributed by atoms with E-state index < -0.39 is 0 Å². The van der Waals surface area contributed by atoms with Gasteiger partial charge in [-0.2, -0.15) is 0 Å². The van der Waals surface area contributed by atoms with Crippen molar-refractivity contribution in [1.29, 1.82) is 0 Å². The van der Waals surface area contributed by atoms with E-state index in [9.17, 15) is 0 Å². The lowest BCUT2D eigenvalue weighted by atomic mass is 10.2. The number of fused-ring (bicyclic) bond motifs is 1. The predicted molar refractivity (Wildman–Crippen MR) is 126 cm³/mol. The van der Waals surface area contributed by atoms with Gasteiger partial charge in [0.25, 0.3) is 0 Å². The highest BCUT2D eigenvalue weighted by Gasteiger charge is 2.24. The van der Waals surface area contributed by atoms with Crippen molar-refractivity contribution in [3.05, 3.63) is 47.5 Å². The molecule has 8 heteroatoms. The maximum atomic E-state index is 4.76. The molecule has 2 aliphatic rings. The lowest BCUT2D eigenvalue weighted by Gasteiger charge is -2.25. The lowest BCUT2D eigenvalue weighted by Crippen LogP contribution is -2.44. The predicted octanol–water partition coefficient (Wildman–Crippen LogP) is 2.56. The zero-order chi connectivity index (χ0) is 19.2. The summed E-state index contributed by atoms with van der Waals surface area (Å²) in [5.41, 5.74) is 1.38. The van der Waals surface area contributed by atoms with E-state index in [0.29, 0.717) is 12.6 Å². The number of nitrogens with zero attached hydrogens (tertiary/aromatic N) is 5. The van der Waals surface area contributed by atoms with Crippen molar-refractivity contribution in [3.63, 3.8) is 0 Å². The van der Waals surface area contributed by atoms with Crippen molar-refractivity contribution >= 4 is 29.9 Å². The molecule has 0 amide bonds. The zero-order valence-corrected chi connectivity index (χ0v) is 19.5. The van der Waals surface area contributed by atoms with Gasteiger partial charge in [0.1, 0.15) is 12.4 Å². The average Bonchev–Trinajstić information content (AvgIpc) is 3.43. The number of nitrogens with one attached hydrogen (secondary N) is 2. The van der Waals surface area contributed by atoms with Crippen LogP contribution in [0.5, 0.6) is 0 Å². The van der Waals surface area contributed by atoms with E-state index in [4.69, 9.17) is 4.99 Å². The average molecular weight is 509 g/mol. The van der Waals surface area contributed by atoms with E-state index in [1.807, 2.05) is 0 Å². The van der Waals surface area contributed by atoms with Gasteiger partial charge < -0.3 is 15.2 Å². The Bertz CT molecular complexity index is 790. The Hall–Kier alpha value is -1.68. The van der Waals surface area contributed by atoms with Crippen LogP contribution in [0.15, 0.2) is 35.3 Å². The largest absolute Gasteiger partial charge is 0.357 e. The smallest absolute Gasteiger partial charge is 0.191 e. The van der Waals surface area contributed by atoms with Gasteiger partial charge in [-0.25, -0.2) is 4.99 Å². The van der Waals surface area contributed by atoms with Crippen molar-refractivity contribution < 1.29 is 0 Å². The third-order valence-electron chi connectivity index (χ3n) is 5.64. The van der Waals surface area contributed by atoms with Crippen LogP contribution in [-0.4, -0.2) is 51.3 Å². The Balaban J connectivity index is 0.00000240. The van der Waals surface area contributed by atoms with Crippen molar-refractivity contribution in [2.75, 3.05) is 19.6 Å². The Morgan fingerprint density at radius 3 is 2.83 bits per heavy atom. The third-order valence-corrected chi connectivity index (χ3v) is 5.64. The van der Waals surface area contributed by atoms with Gasteiger partial charge in [-0.15, -0.1) is 34.2 Å². The quantitative estimate of drug-likeness (QED) is 0.341. The Labute approximate surface area is 190 Å². The van der Waals surface area contributed by atoms with Crippen molar-refractivity contribution in [2.45, 2.75) is 58.3 Å². The molecule has 1 saturated heterocycles. The van der Waals surface area contributed by atoms with Gasteiger partial charge in [-0.05, 0) is 38.3 Å². The Morgan fingerprint density at radius 1 is 1.14 bits per heavy atom. The Morgan fingerprint density at radius 2 is 2.00 bits per heavy atom. The van der Waals surface area contributed by atoms with Crippen molar-refractivity contribution in [1.82, 2.24) is 30.3 Å². The first kappa shape index (κ1) is 22.0. The van der Waals surface area contributed by atoms with Gasteiger partial charge in [0.05, 0.1) is 0 Å². The molecule has 1 aromatic heterocycles. The second-order valence-corrected chi connectivity index (χ2v) is 7.62. The molecule has 1 unspecified atom stereocenters. The van der Waals surface area contributed by atoms with Crippen LogP contribution in [-0.2, 0) is 26.1 Å². The monoisotopic (exact) mass is 509 g/mol. The number of guanidine groups is 1. The summed E-state index contributed by atoms with van der Waals surface area (Å²) in [5, 5.41) is 15.5. The molecule has 0 bridgehead atoms. The topological polar surface area (TPSA) is 70.4 Å². The van der Waals surface area contributed by atoms with Crippen molar-refractivity contribution in [3.8, 4) is 0 Å². The summed E-state index contributed by atoms with van der Waals surface area (Å²) in [6.45, 7) is 7.64. The summed E-state index contributed by atoms with van der Waals surface area (Å²) >= 11 is 0. The Kier molecular flexibility index (Phi) is 8.29. The van der Waals surface area contributed by atoms with Gasteiger partial charge in [0.15, 0.2) is 11.8 Å². The lowest BCUT2D eigenvalue weighted by molar-refractivity contribution is 0.245. The fourth-order valence-electron chi connectivity index (χ4n) is 4.19. The van der Waals surface area contributed by atoms with Crippen LogP contribution in [0.3, 0.4) is 0 Å². The SMILES string of the molecule is CCNC(=NCc1nnc2n1CCC2)NCC1CCCN1Cc1ccccc1.I. The van der Waals surface area contributed by atoms with E-state index in [1.54, 1.807) is 0 Å². The summed E-state index contributed by atoms with van der Waals surface area (Å²) in [4.78, 5) is 7.34. The molecule has 158 valence electrons. The molecule has 29 heavy (non-hydrogen) atoms. The van der Waals surface area contributed by atoms with Gasteiger partial charge in [-0.3, -0.25) is 4.90 Å². The summed E-state index contributed by atoms with van der Waals surface area (Å²) in [5.74, 6) is 2.94. The standard InChI is InChI=1S/C21H31N7.HI/c1-2-22-21(24-15-20-26-25-19-11-7-13-28(19)20)23-14-18-10-6-12-27(18)16-17-8-4-3-5-9-17;/h3-5,8-9,18H,2,6-7,10-16H2,1H3,(H2,22,23,24);1H. The van der Waals surface area contributed by atoms with Crippen molar-refractivity contribution in [2.24, 2.45) is 4.99 Å². The second kappa shape index (κ2) is 10.9. The van der Waals surface area contributed by atoms with Gasteiger partial charge in [0.2, 0.25) is 0 Å². The van der Waals surface area contributed by atoms with E-state index in [1.165, 1.54) is 31.4 Å². The number of hydrogen-bond donors (Lipinski definition) is 2. The molecule has 4 rings (SSSR count). The highest BCUT2D eigenvalue weighted by atomic mass is 127. The minimum atomic E-state index is 0. The van der Waals surface area contributed by atoms with E-state index >= 15 is 0 Å². The van der Waals surface area contributed by atoms with Crippen LogP contribution >= 0.6 is 24.0 Å². The van der Waals surface area contributed by atoms with E-state index in [0.717, 1.165) is 50.2 Å². The minimum absolute atomic E-state index is 0. The first-order chi connectivity index (χ1) is 13.8. The summed E-state index contributed by atoms with van der Waals surface area (Å²) < 4.78 is 2.21. The maximum Gasteiger partial charge on any atom is 0.191 e. The summed E-state index contributed by atoms with van der Waals surface area (Å²) in [6.07, 6.45) is 4.70. The zero-order valence-electron chi connectivity index (χ0n) is 17.2. The molecule has 2 aromatic rings. The molecule has 7 nitrogen and oxygen atoms in total. The number of halogens is 1. The highest BCUT2D eigenvalue weighted by Crippen LogP contribution is 2.19. The highest BCUT2D eigenvalue weighted by molar-refractivity contribution is 14.0. The number of rotatable bonds is 7. The molecule has 1 fully saturated rings. The third kappa shape index (κ3) is 5.69. The van der Waals surface area contributed by atoms with Crippen LogP contribution in [0, 0.1) is 0 Å². The molecule has 2 aliphatic heterocycles. The summed E-state index contributed by atoms with van der Waals surface area (Å²) in [6, 6.07) is 11.3. The number of aryl methyl sites for hydroxylation is 1. The molecule has 0 radical (unpaired) electrons. The fourth-order valence-corrected chi connectivity index (χ4v) is 4.19. The number of aromatic nitrogens is 3. The molecule has 1 atom stereocenters. The number of benzene rings is 1. The van der Waals surface area contributed by atoms with E-state index in [-0.39, 0.29) is 24.0 Å². The number of aliphatic imine (C=N–C) groups is 1. The molecule has 2 N–H and O–H groups in total. The number of likely N-dealkylation sites (tertiary alicyclic amines) is 1. The van der Waals surface area contributed by atoms with Crippen LogP contribution in [0.2, 0.25) is 0 Å². The van der Waals surface area contributed by atoms with Crippen LogP contribution in [0.1, 0.15) is 43.4 Å². The summed E-state index contributed by atoms with van der Waals surface area (Å²) in [7, 11) is 0. The second-order valence-electron chi connectivity index (χ2n) is 7.62. The maximum absolute atomic E-state index is 4.76. The van der Waals surface area contributed by atoms with Crippen LogP contribution in [0.4, 0.5) is 0 Å². The molecule has 3 heterocycles. The first-order valence-electron chi connectivity index (χ1n) is 10.5. The van der Waals surface area contributed by atoms with Gasteiger partial charge >= 0.3 is 0 Å². The van der Waals surface area contributed by atoms with E-state index in [2.05, 4.69) is 67.6 Å². The van der Waals surface area contributed by atoms with Gasteiger partial charge in [0, 0.05) is 38.6 Å². The first-order valence-corrected chi connectivity index (χ1v) is 10.5. The normalized spacial score (nSPS) is 19.1. The fraction of sp³-hybridized carbons (Fsp3) is 0.571. The number of hydrogen-bond acceptors (Lipinski definition) is 4. The molecule has 0 saturated carbocycles. The van der Waals surface area contributed by atoms with Gasteiger partial charge in [-0.1, -0.05) is 30.3 Å². The minimum Gasteiger partial charge on any atom is -0.357 e.